The second kappa shape index (κ2) is 10.1. The molecule has 2 saturated heterocycles. The fourth-order valence-corrected chi connectivity index (χ4v) is 3.73. The molecule has 7 nitrogen and oxygen atoms in total. The summed E-state index contributed by atoms with van der Waals surface area (Å²) in [6, 6.07) is 0.727. The maximum atomic E-state index is 12.1. The van der Waals surface area contributed by atoms with Crippen molar-refractivity contribution in [2.75, 3.05) is 53.0 Å². The highest BCUT2D eigenvalue weighted by Crippen LogP contribution is 2.14. The minimum absolute atomic E-state index is 0.0616. The minimum atomic E-state index is 0.0616. The summed E-state index contributed by atoms with van der Waals surface area (Å²) < 4.78 is 5.48. The van der Waals surface area contributed by atoms with E-state index < -0.39 is 0 Å². The van der Waals surface area contributed by atoms with Gasteiger partial charge >= 0.3 is 0 Å². The molecule has 2 aliphatic rings. The van der Waals surface area contributed by atoms with E-state index in [9.17, 15) is 4.79 Å². The molecule has 2 N–H and O–H groups in total. The zero-order chi connectivity index (χ0) is 19.1. The summed E-state index contributed by atoms with van der Waals surface area (Å²) in [4.78, 5) is 21.0. The molecule has 0 bridgehead atoms. The lowest BCUT2D eigenvalue weighted by molar-refractivity contribution is -0.133. The van der Waals surface area contributed by atoms with Crippen LogP contribution in [0.3, 0.4) is 0 Å². The van der Waals surface area contributed by atoms with E-state index in [1.54, 1.807) is 7.05 Å². The lowest BCUT2D eigenvalue weighted by atomic mass is 10.0. The van der Waals surface area contributed by atoms with Gasteiger partial charge in [0.25, 0.3) is 0 Å². The van der Waals surface area contributed by atoms with Gasteiger partial charge in [-0.15, -0.1) is 0 Å². The molecule has 1 amide bonds. The highest BCUT2D eigenvalue weighted by atomic mass is 16.5. The molecule has 2 aliphatic heterocycles. The predicted octanol–water partition coefficient (Wildman–Crippen LogP) is 0.765. The average Bonchev–Trinajstić information content (AvgIpc) is 3.09. The molecule has 2 unspecified atom stereocenters. The molecule has 0 aliphatic carbocycles. The van der Waals surface area contributed by atoms with Crippen molar-refractivity contribution in [1.82, 2.24) is 20.4 Å². The molecule has 7 heteroatoms. The van der Waals surface area contributed by atoms with Crippen LogP contribution in [0.5, 0.6) is 0 Å². The van der Waals surface area contributed by atoms with Crippen LogP contribution < -0.4 is 10.6 Å². The number of aliphatic imine (C=N–C) groups is 1. The van der Waals surface area contributed by atoms with Crippen molar-refractivity contribution in [2.45, 2.75) is 46.2 Å². The first-order valence-electron chi connectivity index (χ1n) is 10.00. The van der Waals surface area contributed by atoms with Crippen LogP contribution in [0.4, 0.5) is 0 Å². The number of hydrogen-bond donors (Lipinski definition) is 2. The number of hydrogen-bond acceptors (Lipinski definition) is 4. The summed E-state index contributed by atoms with van der Waals surface area (Å²) in [6.45, 7) is 14.5. The van der Waals surface area contributed by atoms with E-state index in [0.29, 0.717) is 12.0 Å². The number of morpholine rings is 1. The van der Waals surface area contributed by atoms with E-state index in [2.05, 4.69) is 34.4 Å². The number of carbonyl (C=O) groups excluding carboxylic acids is 1. The molecule has 2 fully saturated rings. The number of carbonyl (C=O) groups is 1. The number of guanidine groups is 1. The first kappa shape index (κ1) is 21.0. The monoisotopic (exact) mass is 367 g/mol. The third-order valence-corrected chi connectivity index (χ3v) is 5.32. The smallest absolute Gasteiger partial charge is 0.225 e. The first-order chi connectivity index (χ1) is 12.4. The highest BCUT2D eigenvalue weighted by molar-refractivity contribution is 5.81. The molecule has 0 aromatic heterocycles. The second-order valence-corrected chi connectivity index (χ2v) is 7.98. The Morgan fingerprint density at radius 3 is 2.46 bits per heavy atom. The van der Waals surface area contributed by atoms with E-state index >= 15 is 0 Å². The Balaban J connectivity index is 1.82. The van der Waals surface area contributed by atoms with Crippen LogP contribution >= 0.6 is 0 Å². The average molecular weight is 368 g/mol. The van der Waals surface area contributed by atoms with Crippen LogP contribution in [0.2, 0.25) is 0 Å². The number of nitrogens with one attached hydrogen (secondary N) is 2. The third kappa shape index (κ3) is 5.84. The van der Waals surface area contributed by atoms with Crippen LogP contribution in [-0.4, -0.2) is 86.7 Å². The van der Waals surface area contributed by atoms with Gasteiger partial charge < -0.3 is 20.3 Å². The molecule has 0 spiro atoms. The van der Waals surface area contributed by atoms with Crippen molar-refractivity contribution in [3.8, 4) is 0 Å². The topological polar surface area (TPSA) is 69.2 Å². The first-order valence-corrected chi connectivity index (χ1v) is 10.00. The number of amides is 1. The minimum Gasteiger partial charge on any atom is -0.379 e. The Hall–Kier alpha value is -1.34. The Kier molecular flexibility index (Phi) is 8.15. The molecule has 0 radical (unpaired) electrons. The molecule has 0 aromatic rings. The lowest BCUT2D eigenvalue weighted by Crippen LogP contribution is -2.53. The van der Waals surface area contributed by atoms with Gasteiger partial charge in [0.05, 0.1) is 13.2 Å². The van der Waals surface area contributed by atoms with Gasteiger partial charge in [-0.2, -0.15) is 0 Å². The molecule has 0 aromatic carbocycles. The van der Waals surface area contributed by atoms with E-state index in [1.807, 2.05) is 18.7 Å². The van der Waals surface area contributed by atoms with E-state index in [-0.39, 0.29) is 17.9 Å². The number of likely N-dealkylation sites (tertiary alicyclic amines) is 1. The van der Waals surface area contributed by atoms with Crippen molar-refractivity contribution in [2.24, 2.45) is 16.8 Å². The van der Waals surface area contributed by atoms with Gasteiger partial charge in [0.2, 0.25) is 5.91 Å². The Labute approximate surface area is 158 Å². The van der Waals surface area contributed by atoms with Crippen LogP contribution in [0.1, 0.15) is 34.1 Å². The predicted molar refractivity (Wildman–Crippen MR) is 105 cm³/mol. The summed E-state index contributed by atoms with van der Waals surface area (Å²) in [5.41, 5.74) is 0. The quantitative estimate of drug-likeness (QED) is 0.536. The molecule has 0 saturated carbocycles. The van der Waals surface area contributed by atoms with Crippen molar-refractivity contribution in [3.05, 3.63) is 0 Å². The van der Waals surface area contributed by atoms with Crippen LogP contribution in [0, 0.1) is 11.8 Å². The number of nitrogens with zero attached hydrogens (tertiary/aromatic N) is 3. The number of rotatable bonds is 6. The zero-order valence-electron chi connectivity index (χ0n) is 17.1. The van der Waals surface area contributed by atoms with Gasteiger partial charge in [-0.25, -0.2) is 0 Å². The Morgan fingerprint density at radius 1 is 1.19 bits per heavy atom. The zero-order valence-corrected chi connectivity index (χ0v) is 17.1. The van der Waals surface area contributed by atoms with Crippen LogP contribution in [0.15, 0.2) is 4.99 Å². The second-order valence-electron chi connectivity index (χ2n) is 7.98. The Bertz CT molecular complexity index is 475. The molecule has 26 heavy (non-hydrogen) atoms. The maximum absolute atomic E-state index is 12.1. The van der Waals surface area contributed by atoms with Crippen LogP contribution in [0.25, 0.3) is 0 Å². The summed E-state index contributed by atoms with van der Waals surface area (Å²) in [6.07, 6.45) is 0.968. The molecule has 2 atom stereocenters. The number of ether oxygens (including phenoxy) is 1. The van der Waals surface area contributed by atoms with Crippen molar-refractivity contribution in [3.63, 3.8) is 0 Å². The fourth-order valence-electron chi connectivity index (χ4n) is 3.73. The SMILES string of the molecule is CN=C(NCC(C(C)C)N1CCOCC1)NC1CCN(C(=O)C(C)C)C1. The molecule has 150 valence electrons. The van der Waals surface area contributed by atoms with Crippen molar-refractivity contribution < 1.29 is 9.53 Å². The summed E-state index contributed by atoms with van der Waals surface area (Å²) >= 11 is 0. The standard InChI is InChI=1S/C19H37N5O2/c1-14(2)17(23-8-10-26-11-9-23)12-21-19(20-5)22-16-6-7-24(13-16)18(25)15(3)4/h14-17H,6-13H2,1-5H3,(H2,20,21,22). The van der Waals surface area contributed by atoms with Gasteiger partial charge in [-0.05, 0) is 12.3 Å². The van der Waals surface area contributed by atoms with E-state index in [1.165, 1.54) is 0 Å². The van der Waals surface area contributed by atoms with Gasteiger partial charge in [0.15, 0.2) is 5.96 Å². The van der Waals surface area contributed by atoms with Crippen molar-refractivity contribution in [1.29, 1.82) is 0 Å². The normalized spacial score (nSPS) is 23.6. The van der Waals surface area contributed by atoms with Gasteiger partial charge in [-0.1, -0.05) is 27.7 Å². The highest BCUT2D eigenvalue weighted by Gasteiger charge is 2.28. The van der Waals surface area contributed by atoms with Gasteiger partial charge in [0, 0.05) is 57.8 Å². The van der Waals surface area contributed by atoms with Gasteiger partial charge in [0.1, 0.15) is 0 Å². The summed E-state index contributed by atoms with van der Waals surface area (Å²) in [5, 5.41) is 6.98. The van der Waals surface area contributed by atoms with Gasteiger partial charge in [-0.3, -0.25) is 14.7 Å². The largest absolute Gasteiger partial charge is 0.379 e. The molecule has 2 rings (SSSR count). The maximum Gasteiger partial charge on any atom is 0.225 e. The lowest BCUT2D eigenvalue weighted by Gasteiger charge is -2.37. The molecule has 2 heterocycles. The summed E-state index contributed by atoms with van der Waals surface area (Å²) in [7, 11) is 1.81. The fraction of sp³-hybridized carbons (Fsp3) is 0.895. The Morgan fingerprint density at radius 2 is 1.88 bits per heavy atom. The van der Waals surface area contributed by atoms with E-state index in [4.69, 9.17) is 4.74 Å². The molecular formula is C19H37N5O2. The van der Waals surface area contributed by atoms with Crippen molar-refractivity contribution >= 4 is 11.9 Å². The molecular weight excluding hydrogens is 330 g/mol. The van der Waals surface area contributed by atoms with E-state index in [0.717, 1.165) is 58.3 Å². The summed E-state index contributed by atoms with van der Waals surface area (Å²) in [5.74, 6) is 1.69. The van der Waals surface area contributed by atoms with Crippen LogP contribution in [-0.2, 0) is 9.53 Å². The third-order valence-electron chi connectivity index (χ3n) is 5.32.